The first-order valence-corrected chi connectivity index (χ1v) is 9.28. The zero-order valence-corrected chi connectivity index (χ0v) is 16.5. The number of hydrogen-bond donors (Lipinski definition) is 2. The van der Waals surface area contributed by atoms with Crippen molar-refractivity contribution in [3.63, 3.8) is 0 Å². The Balaban J connectivity index is 1.83. The van der Waals surface area contributed by atoms with Crippen LogP contribution >= 0.6 is 11.6 Å². The van der Waals surface area contributed by atoms with Crippen LogP contribution in [0.5, 0.6) is 0 Å². The third-order valence-electron chi connectivity index (χ3n) is 3.99. The summed E-state index contributed by atoms with van der Waals surface area (Å²) in [6.07, 6.45) is 0. The molecule has 2 rings (SSSR count). The molecule has 0 radical (unpaired) electrons. The van der Waals surface area contributed by atoms with Crippen LogP contribution in [0.3, 0.4) is 0 Å². The Labute approximate surface area is 169 Å². The average molecular weight is 403 g/mol. The summed E-state index contributed by atoms with van der Waals surface area (Å²) in [5, 5.41) is 5.94. The number of carbonyl (C=O) groups is 3. The molecule has 0 aliphatic rings. The quantitative estimate of drug-likeness (QED) is 0.665. The molecule has 0 spiro atoms. The Kier molecular flexibility index (Phi) is 8.02. The zero-order valence-electron chi connectivity index (χ0n) is 15.8. The minimum atomic E-state index is -0.850. The lowest BCUT2D eigenvalue weighted by Gasteiger charge is -2.20. The van der Waals surface area contributed by atoms with Gasteiger partial charge >= 0.3 is 5.97 Å². The van der Waals surface area contributed by atoms with Crippen molar-refractivity contribution in [3.8, 4) is 0 Å². The van der Waals surface area contributed by atoms with Gasteiger partial charge in [-0.1, -0.05) is 55.8 Å². The number of esters is 1. The number of nitrogens with one attached hydrogen (secondary N) is 2. The summed E-state index contributed by atoms with van der Waals surface area (Å²) in [5.41, 5.74) is 1.32. The van der Waals surface area contributed by atoms with Crippen LogP contribution in [-0.4, -0.2) is 30.4 Å². The molecular formula is C21H23ClN2O4. The van der Waals surface area contributed by atoms with E-state index in [1.807, 2.05) is 0 Å². The van der Waals surface area contributed by atoms with Crippen LogP contribution in [0.1, 0.15) is 29.8 Å². The van der Waals surface area contributed by atoms with Gasteiger partial charge in [0, 0.05) is 17.1 Å². The Hall–Kier alpha value is -2.86. The number of carbonyl (C=O) groups excluding carboxylic acids is 3. The second kappa shape index (κ2) is 10.5. The average Bonchev–Trinajstić information content (AvgIpc) is 2.70. The van der Waals surface area contributed by atoms with Gasteiger partial charge < -0.3 is 15.4 Å². The van der Waals surface area contributed by atoms with Crippen LogP contribution in [0.4, 0.5) is 0 Å². The van der Waals surface area contributed by atoms with Crippen molar-refractivity contribution in [3.05, 3.63) is 70.7 Å². The Bertz CT molecular complexity index is 807. The lowest BCUT2D eigenvalue weighted by molar-refractivity contribution is -0.151. The summed E-state index contributed by atoms with van der Waals surface area (Å²) in [6, 6.07) is 14.8. The largest absolute Gasteiger partial charge is 0.454 e. The monoisotopic (exact) mass is 402 g/mol. The molecule has 28 heavy (non-hydrogen) atoms. The Morgan fingerprint density at radius 2 is 1.64 bits per heavy atom. The summed E-state index contributed by atoms with van der Waals surface area (Å²) >= 11 is 5.81. The molecule has 6 nitrogen and oxygen atoms in total. The molecular weight excluding hydrogens is 380 g/mol. The molecule has 148 valence electrons. The van der Waals surface area contributed by atoms with E-state index in [-0.39, 0.29) is 11.8 Å². The molecule has 1 atom stereocenters. The van der Waals surface area contributed by atoms with Crippen LogP contribution in [0.15, 0.2) is 54.6 Å². The summed E-state index contributed by atoms with van der Waals surface area (Å²) in [5.74, 6) is -1.65. The van der Waals surface area contributed by atoms with Gasteiger partial charge in [-0.25, -0.2) is 4.79 Å². The second-order valence-corrected chi connectivity index (χ2v) is 7.01. The van der Waals surface area contributed by atoms with Gasteiger partial charge in [-0.05, 0) is 35.7 Å². The highest BCUT2D eigenvalue weighted by molar-refractivity contribution is 6.30. The summed E-state index contributed by atoms with van der Waals surface area (Å²) < 4.78 is 5.08. The Morgan fingerprint density at radius 1 is 1.00 bits per heavy atom. The predicted molar refractivity (Wildman–Crippen MR) is 107 cm³/mol. The topological polar surface area (TPSA) is 84.5 Å². The maximum atomic E-state index is 12.3. The SMILES string of the molecule is CC(C)[C@H](NC(=O)c1ccccc1)C(=O)OCC(=O)NCc1ccc(Cl)cc1. The molecule has 2 aromatic rings. The highest BCUT2D eigenvalue weighted by Gasteiger charge is 2.26. The minimum absolute atomic E-state index is 0.197. The first-order valence-electron chi connectivity index (χ1n) is 8.90. The van der Waals surface area contributed by atoms with E-state index in [4.69, 9.17) is 16.3 Å². The van der Waals surface area contributed by atoms with Gasteiger partial charge in [0.25, 0.3) is 11.8 Å². The molecule has 0 aliphatic heterocycles. The summed E-state index contributed by atoms with van der Waals surface area (Å²) in [4.78, 5) is 36.5. The summed E-state index contributed by atoms with van der Waals surface area (Å²) in [7, 11) is 0. The number of rotatable bonds is 8. The standard InChI is InChI=1S/C21H23ClN2O4/c1-14(2)19(24-20(26)16-6-4-3-5-7-16)21(27)28-13-18(25)23-12-15-8-10-17(22)11-9-15/h3-11,14,19H,12-13H2,1-2H3,(H,23,25)(H,24,26)/t19-/m0/s1. The van der Waals surface area contributed by atoms with Crippen LogP contribution < -0.4 is 10.6 Å². The normalized spacial score (nSPS) is 11.6. The second-order valence-electron chi connectivity index (χ2n) is 6.57. The maximum absolute atomic E-state index is 12.3. The molecule has 7 heteroatoms. The van der Waals surface area contributed by atoms with Gasteiger partial charge in [0.05, 0.1) is 0 Å². The number of hydrogen-bond acceptors (Lipinski definition) is 4. The minimum Gasteiger partial charge on any atom is -0.454 e. The van der Waals surface area contributed by atoms with E-state index in [9.17, 15) is 14.4 Å². The first-order chi connectivity index (χ1) is 13.4. The van der Waals surface area contributed by atoms with Crippen LogP contribution in [0.2, 0.25) is 5.02 Å². The fraction of sp³-hybridized carbons (Fsp3) is 0.286. The number of benzene rings is 2. The third-order valence-corrected chi connectivity index (χ3v) is 4.24. The van der Waals surface area contributed by atoms with Crippen LogP contribution in [0, 0.1) is 5.92 Å². The maximum Gasteiger partial charge on any atom is 0.329 e. The van der Waals surface area contributed by atoms with Crippen molar-refractivity contribution in [1.29, 1.82) is 0 Å². The molecule has 0 aromatic heterocycles. The van der Waals surface area contributed by atoms with Crippen molar-refractivity contribution < 1.29 is 19.1 Å². The third kappa shape index (κ3) is 6.70. The number of ether oxygens (including phenoxy) is 1. The zero-order chi connectivity index (χ0) is 20.5. The van der Waals surface area contributed by atoms with Crippen molar-refractivity contribution in [2.45, 2.75) is 26.4 Å². The lowest BCUT2D eigenvalue weighted by Crippen LogP contribution is -2.46. The van der Waals surface area contributed by atoms with Crippen molar-refractivity contribution in [2.24, 2.45) is 5.92 Å². The van der Waals surface area contributed by atoms with Crippen molar-refractivity contribution >= 4 is 29.4 Å². The number of amides is 2. The van der Waals surface area contributed by atoms with E-state index >= 15 is 0 Å². The lowest BCUT2D eigenvalue weighted by atomic mass is 10.0. The molecule has 0 unspecified atom stereocenters. The molecule has 0 heterocycles. The van der Waals surface area contributed by atoms with Gasteiger partial charge in [0.15, 0.2) is 6.61 Å². The molecule has 0 saturated heterocycles. The summed E-state index contributed by atoms with van der Waals surface area (Å²) in [6.45, 7) is 3.46. The molecule has 2 aromatic carbocycles. The highest BCUT2D eigenvalue weighted by atomic mass is 35.5. The fourth-order valence-electron chi connectivity index (χ4n) is 2.39. The van der Waals surface area contributed by atoms with E-state index in [0.29, 0.717) is 17.1 Å². The van der Waals surface area contributed by atoms with E-state index in [2.05, 4.69) is 10.6 Å². The highest BCUT2D eigenvalue weighted by Crippen LogP contribution is 2.09. The first kappa shape index (κ1) is 21.4. The van der Waals surface area contributed by atoms with Gasteiger partial charge in [-0.15, -0.1) is 0 Å². The molecule has 2 amide bonds. The predicted octanol–water partition coefficient (Wildman–Crippen LogP) is 2.95. The van der Waals surface area contributed by atoms with Crippen molar-refractivity contribution in [1.82, 2.24) is 10.6 Å². The smallest absolute Gasteiger partial charge is 0.329 e. The molecule has 0 fully saturated rings. The van der Waals surface area contributed by atoms with Gasteiger partial charge in [-0.3, -0.25) is 9.59 Å². The van der Waals surface area contributed by atoms with E-state index in [1.54, 1.807) is 68.4 Å². The molecule has 2 N–H and O–H groups in total. The van der Waals surface area contributed by atoms with E-state index in [1.165, 1.54) is 0 Å². The number of halogens is 1. The molecule has 0 aliphatic carbocycles. The van der Waals surface area contributed by atoms with Crippen molar-refractivity contribution in [2.75, 3.05) is 6.61 Å². The van der Waals surface area contributed by atoms with Gasteiger partial charge in [0.2, 0.25) is 0 Å². The van der Waals surface area contributed by atoms with Crippen LogP contribution in [0.25, 0.3) is 0 Å². The van der Waals surface area contributed by atoms with Gasteiger partial charge in [-0.2, -0.15) is 0 Å². The van der Waals surface area contributed by atoms with Gasteiger partial charge in [0.1, 0.15) is 6.04 Å². The van der Waals surface area contributed by atoms with E-state index < -0.39 is 24.5 Å². The molecule has 0 saturated carbocycles. The molecule has 0 bridgehead atoms. The van der Waals surface area contributed by atoms with E-state index in [0.717, 1.165) is 5.56 Å². The fourth-order valence-corrected chi connectivity index (χ4v) is 2.52. The Morgan fingerprint density at radius 3 is 2.25 bits per heavy atom. The van der Waals surface area contributed by atoms with Crippen LogP contribution in [-0.2, 0) is 20.9 Å².